The van der Waals surface area contributed by atoms with Crippen LogP contribution >= 0.6 is 24.2 Å². The minimum absolute atomic E-state index is 0. The zero-order valence-electron chi connectivity index (χ0n) is 16.3. The molecule has 2 unspecified atom stereocenters. The first-order valence-corrected chi connectivity index (χ1v) is 10.1. The van der Waals surface area contributed by atoms with Gasteiger partial charge < -0.3 is 19.5 Å². The zero-order chi connectivity index (χ0) is 19.7. The predicted octanol–water partition coefficient (Wildman–Crippen LogP) is 4.35. The van der Waals surface area contributed by atoms with E-state index in [1.165, 1.54) is 23.9 Å². The molecule has 1 N–H and O–H groups in total. The number of fused-ring (bicyclic) bond motifs is 1. The number of halogens is 2. The van der Waals surface area contributed by atoms with Crippen LogP contribution in [0.2, 0.25) is 0 Å². The van der Waals surface area contributed by atoms with Gasteiger partial charge >= 0.3 is 0 Å². The molecule has 2 atom stereocenters. The summed E-state index contributed by atoms with van der Waals surface area (Å²) in [5, 5.41) is 12.5. The van der Waals surface area contributed by atoms with Crippen molar-refractivity contribution in [3.63, 3.8) is 0 Å². The van der Waals surface area contributed by atoms with Gasteiger partial charge in [-0.3, -0.25) is 4.99 Å². The van der Waals surface area contributed by atoms with E-state index < -0.39 is 11.0 Å². The van der Waals surface area contributed by atoms with Crippen molar-refractivity contribution >= 4 is 29.3 Å². The second-order valence-corrected chi connectivity index (χ2v) is 7.94. The van der Waals surface area contributed by atoms with E-state index in [1.807, 2.05) is 17.0 Å². The molecule has 2 aliphatic rings. The third-order valence-electron chi connectivity index (χ3n) is 5.23. The van der Waals surface area contributed by atoms with Crippen molar-refractivity contribution in [3.8, 4) is 11.5 Å². The lowest BCUT2D eigenvalue weighted by Crippen LogP contribution is -2.46. The quantitative estimate of drug-likeness (QED) is 0.769. The van der Waals surface area contributed by atoms with Gasteiger partial charge in [0.1, 0.15) is 5.82 Å². The second-order valence-electron chi connectivity index (χ2n) is 6.87. The van der Waals surface area contributed by atoms with Crippen LogP contribution < -0.4 is 9.47 Å². The maximum atomic E-state index is 14.0. The van der Waals surface area contributed by atoms with E-state index in [1.54, 1.807) is 32.4 Å². The van der Waals surface area contributed by atoms with Crippen LogP contribution in [0.1, 0.15) is 29.2 Å². The van der Waals surface area contributed by atoms with Crippen molar-refractivity contribution in [2.24, 2.45) is 4.99 Å². The Balaban J connectivity index is 0.00000240. The molecule has 5 nitrogen and oxygen atoms in total. The van der Waals surface area contributed by atoms with Crippen LogP contribution in [0, 0.1) is 5.82 Å². The predicted molar refractivity (Wildman–Crippen MR) is 116 cm³/mol. The summed E-state index contributed by atoms with van der Waals surface area (Å²) in [5.74, 6) is 0.806. The van der Waals surface area contributed by atoms with Crippen molar-refractivity contribution in [1.29, 1.82) is 0 Å². The summed E-state index contributed by atoms with van der Waals surface area (Å²) >= 11 is 1.48. The fraction of sp³-hybridized carbons (Fsp3) is 0.381. The van der Waals surface area contributed by atoms with E-state index in [2.05, 4.69) is 4.99 Å². The molecule has 1 saturated heterocycles. The summed E-state index contributed by atoms with van der Waals surface area (Å²) in [6.45, 7) is 1.42. The van der Waals surface area contributed by atoms with Gasteiger partial charge in [-0.05, 0) is 42.7 Å². The molecular formula is C21H24ClFN2O3S. The molecule has 4 rings (SSSR count). The van der Waals surface area contributed by atoms with Gasteiger partial charge in [0.15, 0.2) is 22.4 Å². The Morgan fingerprint density at radius 2 is 1.93 bits per heavy atom. The standard InChI is InChI=1S/C21H23FN2O3S.ClH/c1-26-17-9-8-15(13-18(17)27-2)21(25)19(14-6-5-7-16(22)12-14)28-20-23-10-3-4-11-24(20)21;/h5-9,12-13,19,25H,3-4,10-11H2,1-2H3;1H. The van der Waals surface area contributed by atoms with Crippen LogP contribution in [-0.2, 0) is 5.72 Å². The lowest BCUT2D eigenvalue weighted by Gasteiger charge is -2.38. The third kappa shape index (κ3) is 3.79. The largest absolute Gasteiger partial charge is 0.493 e. The molecule has 0 bridgehead atoms. The maximum Gasteiger partial charge on any atom is 0.182 e. The molecule has 0 aliphatic carbocycles. The molecule has 1 fully saturated rings. The van der Waals surface area contributed by atoms with Crippen LogP contribution in [-0.4, -0.2) is 42.5 Å². The minimum Gasteiger partial charge on any atom is -0.493 e. The molecule has 2 aliphatic heterocycles. The Kier molecular flexibility index (Phi) is 6.61. The highest BCUT2D eigenvalue weighted by Gasteiger charge is 2.53. The first-order chi connectivity index (χ1) is 13.6. The van der Waals surface area contributed by atoms with E-state index in [0.29, 0.717) is 23.6 Å². The molecule has 0 amide bonds. The number of ether oxygens (including phenoxy) is 2. The summed E-state index contributed by atoms with van der Waals surface area (Å²) in [5.41, 5.74) is 0.0124. The molecular weight excluding hydrogens is 415 g/mol. The second kappa shape index (κ2) is 8.81. The Morgan fingerprint density at radius 3 is 2.66 bits per heavy atom. The van der Waals surface area contributed by atoms with Crippen molar-refractivity contribution in [1.82, 2.24) is 4.90 Å². The summed E-state index contributed by atoms with van der Waals surface area (Å²) < 4.78 is 24.7. The molecule has 0 spiro atoms. The van der Waals surface area contributed by atoms with Gasteiger partial charge in [-0.2, -0.15) is 0 Å². The van der Waals surface area contributed by atoms with Gasteiger partial charge in [0.05, 0.1) is 19.5 Å². The van der Waals surface area contributed by atoms with Gasteiger partial charge in [-0.15, -0.1) is 12.4 Å². The third-order valence-corrected chi connectivity index (χ3v) is 6.62. The maximum absolute atomic E-state index is 14.0. The molecule has 156 valence electrons. The fourth-order valence-electron chi connectivity index (χ4n) is 3.83. The lowest BCUT2D eigenvalue weighted by molar-refractivity contribution is -0.0713. The molecule has 2 heterocycles. The van der Waals surface area contributed by atoms with Crippen LogP contribution in [0.5, 0.6) is 11.5 Å². The van der Waals surface area contributed by atoms with E-state index in [0.717, 1.165) is 30.1 Å². The highest BCUT2D eigenvalue weighted by Crippen LogP contribution is 2.55. The van der Waals surface area contributed by atoms with E-state index in [-0.39, 0.29) is 18.2 Å². The van der Waals surface area contributed by atoms with Gasteiger partial charge in [0, 0.05) is 18.7 Å². The van der Waals surface area contributed by atoms with Crippen LogP contribution in [0.15, 0.2) is 47.5 Å². The number of thioether (sulfide) groups is 1. The minimum atomic E-state index is -1.37. The van der Waals surface area contributed by atoms with Crippen LogP contribution in [0.25, 0.3) is 0 Å². The summed E-state index contributed by atoms with van der Waals surface area (Å²) in [6, 6.07) is 11.8. The van der Waals surface area contributed by atoms with Crippen molar-refractivity contribution in [3.05, 3.63) is 59.4 Å². The Bertz CT molecular complexity index is 913. The molecule has 2 aromatic carbocycles. The van der Waals surface area contributed by atoms with E-state index >= 15 is 0 Å². The van der Waals surface area contributed by atoms with Gasteiger partial charge in [-0.1, -0.05) is 30.0 Å². The first kappa shape index (κ1) is 21.7. The van der Waals surface area contributed by atoms with Gasteiger partial charge in [0.25, 0.3) is 0 Å². The topological polar surface area (TPSA) is 54.3 Å². The number of hydrogen-bond donors (Lipinski definition) is 1. The number of amidine groups is 1. The number of methoxy groups -OCH3 is 2. The first-order valence-electron chi connectivity index (χ1n) is 9.27. The number of rotatable bonds is 4. The van der Waals surface area contributed by atoms with Gasteiger partial charge in [0.2, 0.25) is 0 Å². The average Bonchev–Trinajstić information content (AvgIpc) is 2.86. The number of aliphatic imine (C=N–C) groups is 1. The molecule has 8 heteroatoms. The molecule has 0 radical (unpaired) electrons. The monoisotopic (exact) mass is 438 g/mol. The van der Waals surface area contributed by atoms with Crippen molar-refractivity contribution in [2.45, 2.75) is 23.8 Å². The number of hydrogen-bond acceptors (Lipinski definition) is 6. The van der Waals surface area contributed by atoms with Crippen LogP contribution in [0.3, 0.4) is 0 Å². The van der Waals surface area contributed by atoms with E-state index in [4.69, 9.17) is 9.47 Å². The normalized spacial score (nSPS) is 23.5. The number of benzene rings is 2. The Labute approximate surface area is 180 Å². The van der Waals surface area contributed by atoms with Crippen molar-refractivity contribution < 1.29 is 19.0 Å². The Morgan fingerprint density at radius 1 is 1.14 bits per heavy atom. The highest BCUT2D eigenvalue weighted by atomic mass is 35.5. The molecule has 0 saturated carbocycles. The number of aliphatic hydroxyl groups is 1. The van der Waals surface area contributed by atoms with Crippen molar-refractivity contribution in [2.75, 3.05) is 27.3 Å². The zero-order valence-corrected chi connectivity index (χ0v) is 17.9. The Hall–Kier alpha value is -1.96. The fourth-order valence-corrected chi connectivity index (χ4v) is 5.27. The average molecular weight is 439 g/mol. The number of nitrogens with zero attached hydrogens (tertiary/aromatic N) is 2. The van der Waals surface area contributed by atoms with Gasteiger partial charge in [-0.25, -0.2) is 4.39 Å². The highest BCUT2D eigenvalue weighted by molar-refractivity contribution is 8.14. The molecule has 2 aromatic rings. The summed E-state index contributed by atoms with van der Waals surface area (Å²) in [4.78, 5) is 6.62. The summed E-state index contributed by atoms with van der Waals surface area (Å²) in [6.07, 6.45) is 1.91. The SMILES string of the molecule is COc1ccc(C2(O)C(c3cccc(F)c3)SC3=NCCCCN32)cc1OC.Cl. The van der Waals surface area contributed by atoms with E-state index in [9.17, 15) is 9.50 Å². The lowest BCUT2D eigenvalue weighted by atomic mass is 9.92. The smallest absolute Gasteiger partial charge is 0.182 e. The van der Waals surface area contributed by atoms with Crippen LogP contribution in [0.4, 0.5) is 4.39 Å². The summed E-state index contributed by atoms with van der Waals surface area (Å²) in [7, 11) is 3.14. The molecule has 29 heavy (non-hydrogen) atoms. The molecule has 0 aromatic heterocycles.